The fraction of sp³-hybridized carbons (Fsp3) is 0.576. The van der Waals surface area contributed by atoms with Gasteiger partial charge in [0.1, 0.15) is 19.0 Å². The number of carbonyl (C=O) groups excluding carboxylic acids is 2. The number of hydrogen-bond donors (Lipinski definition) is 2. The second kappa shape index (κ2) is 14.8. The summed E-state index contributed by atoms with van der Waals surface area (Å²) in [7, 11) is 1.65. The molecule has 10 nitrogen and oxygen atoms in total. The van der Waals surface area contributed by atoms with Crippen LogP contribution in [-0.2, 0) is 9.53 Å². The van der Waals surface area contributed by atoms with Gasteiger partial charge < -0.3 is 39.2 Å². The SMILES string of the molecule is COCCCOc1cc(OC(=O)N(C[C@@H]2CNC[C@H]2CNC(=O)C(c2ccccc2)C2CC2)C(C)C)cc2c1OCCO2. The molecule has 2 heterocycles. The molecular weight excluding hydrogens is 550 g/mol. The average molecular weight is 596 g/mol. The van der Waals surface area contributed by atoms with E-state index in [0.717, 1.165) is 31.5 Å². The second-order valence-electron chi connectivity index (χ2n) is 11.9. The van der Waals surface area contributed by atoms with Crippen molar-refractivity contribution in [3.8, 4) is 23.0 Å². The topological polar surface area (TPSA) is 108 Å². The third-order valence-corrected chi connectivity index (χ3v) is 8.38. The zero-order valence-corrected chi connectivity index (χ0v) is 25.5. The maximum atomic E-state index is 13.5. The summed E-state index contributed by atoms with van der Waals surface area (Å²) in [5.41, 5.74) is 1.08. The first-order valence-electron chi connectivity index (χ1n) is 15.5. The molecule has 2 N–H and O–H groups in total. The Morgan fingerprint density at radius 3 is 2.56 bits per heavy atom. The minimum Gasteiger partial charge on any atom is -0.489 e. The maximum Gasteiger partial charge on any atom is 0.415 e. The highest BCUT2D eigenvalue weighted by Crippen LogP contribution is 2.44. The first-order chi connectivity index (χ1) is 20.9. The van der Waals surface area contributed by atoms with Gasteiger partial charge >= 0.3 is 6.09 Å². The lowest BCUT2D eigenvalue weighted by molar-refractivity contribution is -0.123. The Balaban J connectivity index is 1.20. The van der Waals surface area contributed by atoms with Crippen LogP contribution in [0.25, 0.3) is 0 Å². The highest BCUT2D eigenvalue weighted by molar-refractivity contribution is 5.84. The van der Waals surface area contributed by atoms with Crippen molar-refractivity contribution in [2.45, 2.75) is 45.1 Å². The molecule has 43 heavy (non-hydrogen) atoms. The number of rotatable bonds is 14. The number of amides is 2. The van der Waals surface area contributed by atoms with E-state index in [4.69, 9.17) is 23.7 Å². The van der Waals surface area contributed by atoms with Gasteiger partial charge in [-0.3, -0.25) is 4.79 Å². The predicted octanol–water partition coefficient (Wildman–Crippen LogP) is 4.23. The molecular formula is C33H45N3O7. The standard InChI is InChI=1S/C33H45N3O7/c1-22(2)36(33(38)43-27-16-28(40-13-7-12-39-3)31-29(17-27)41-14-15-42-31)21-26-19-34-18-25(26)20-35-32(37)30(24-10-11-24)23-8-5-4-6-9-23/h4-6,8-9,16-17,22,24-26,30,34H,7,10-15,18-21H2,1-3H3,(H,35,37)/t25-,26-,30?/m0/s1. The van der Waals surface area contributed by atoms with Crippen molar-refractivity contribution in [1.82, 2.24) is 15.5 Å². The quantitative estimate of drug-likeness (QED) is 0.313. The Morgan fingerprint density at radius 2 is 1.81 bits per heavy atom. The van der Waals surface area contributed by atoms with Gasteiger partial charge in [0.2, 0.25) is 11.7 Å². The normalized spacial score (nSPS) is 20.0. The highest BCUT2D eigenvalue weighted by Gasteiger charge is 2.38. The summed E-state index contributed by atoms with van der Waals surface area (Å²) in [5, 5.41) is 6.70. The molecule has 10 heteroatoms. The summed E-state index contributed by atoms with van der Waals surface area (Å²) in [6.45, 7) is 8.44. The molecule has 1 unspecified atom stereocenters. The zero-order chi connectivity index (χ0) is 30.2. The van der Waals surface area contributed by atoms with Crippen molar-refractivity contribution in [3.05, 3.63) is 48.0 Å². The van der Waals surface area contributed by atoms with Crippen molar-refractivity contribution < 1.29 is 33.3 Å². The Kier molecular flexibility index (Phi) is 10.6. The molecule has 1 saturated carbocycles. The number of methoxy groups -OCH3 is 1. The molecule has 0 aromatic heterocycles. The van der Waals surface area contributed by atoms with E-state index in [2.05, 4.69) is 10.6 Å². The van der Waals surface area contributed by atoms with Crippen LogP contribution in [-0.4, -0.2) is 82.7 Å². The summed E-state index contributed by atoms with van der Waals surface area (Å²) in [6, 6.07) is 13.3. The fourth-order valence-corrected chi connectivity index (χ4v) is 5.87. The van der Waals surface area contributed by atoms with Crippen LogP contribution in [0.3, 0.4) is 0 Å². The number of nitrogens with zero attached hydrogens (tertiary/aromatic N) is 1. The average Bonchev–Trinajstić information content (AvgIpc) is 3.74. The van der Waals surface area contributed by atoms with Gasteiger partial charge in [-0.05, 0) is 50.0 Å². The molecule has 1 saturated heterocycles. The van der Waals surface area contributed by atoms with E-state index in [0.29, 0.717) is 74.9 Å². The van der Waals surface area contributed by atoms with Gasteiger partial charge in [-0.25, -0.2) is 4.79 Å². The molecule has 2 aliphatic heterocycles. The van der Waals surface area contributed by atoms with Crippen molar-refractivity contribution in [1.29, 1.82) is 0 Å². The molecule has 3 aliphatic rings. The van der Waals surface area contributed by atoms with Crippen LogP contribution >= 0.6 is 0 Å². The van der Waals surface area contributed by atoms with E-state index < -0.39 is 6.09 Å². The van der Waals surface area contributed by atoms with E-state index in [9.17, 15) is 9.59 Å². The van der Waals surface area contributed by atoms with Crippen LogP contribution in [0.15, 0.2) is 42.5 Å². The summed E-state index contributed by atoms with van der Waals surface area (Å²) in [4.78, 5) is 28.6. The van der Waals surface area contributed by atoms with Crippen LogP contribution in [0.2, 0.25) is 0 Å². The lowest BCUT2D eigenvalue weighted by Gasteiger charge is -2.31. The van der Waals surface area contributed by atoms with Crippen LogP contribution in [0.4, 0.5) is 4.79 Å². The van der Waals surface area contributed by atoms with Gasteiger partial charge in [0.15, 0.2) is 11.5 Å². The summed E-state index contributed by atoms with van der Waals surface area (Å²) >= 11 is 0. The largest absolute Gasteiger partial charge is 0.489 e. The second-order valence-corrected chi connectivity index (χ2v) is 11.9. The molecule has 3 atom stereocenters. The molecule has 0 bridgehead atoms. The minimum absolute atomic E-state index is 0.0809. The molecule has 2 fully saturated rings. The van der Waals surface area contributed by atoms with E-state index in [1.165, 1.54) is 0 Å². The Morgan fingerprint density at radius 1 is 1.05 bits per heavy atom. The van der Waals surface area contributed by atoms with Crippen LogP contribution in [0, 0.1) is 17.8 Å². The summed E-state index contributed by atoms with van der Waals surface area (Å²) in [6.07, 6.45) is 2.46. The van der Waals surface area contributed by atoms with Crippen LogP contribution < -0.4 is 29.6 Å². The monoisotopic (exact) mass is 595 g/mol. The van der Waals surface area contributed by atoms with Gasteiger partial charge in [-0.15, -0.1) is 0 Å². The van der Waals surface area contributed by atoms with Crippen molar-refractivity contribution >= 4 is 12.0 Å². The van der Waals surface area contributed by atoms with E-state index >= 15 is 0 Å². The van der Waals surface area contributed by atoms with Gasteiger partial charge in [-0.1, -0.05) is 30.3 Å². The number of benzene rings is 2. The summed E-state index contributed by atoms with van der Waals surface area (Å²) < 4.78 is 28.5. The van der Waals surface area contributed by atoms with Gasteiger partial charge in [0.05, 0.1) is 12.5 Å². The van der Waals surface area contributed by atoms with Crippen LogP contribution in [0.1, 0.15) is 44.6 Å². The molecule has 0 spiro atoms. The molecule has 2 aromatic rings. The number of carbonyl (C=O) groups is 2. The summed E-state index contributed by atoms with van der Waals surface area (Å²) in [5.74, 6) is 2.61. The Labute approximate surface area is 254 Å². The number of fused-ring (bicyclic) bond motifs is 1. The van der Waals surface area contributed by atoms with E-state index in [1.54, 1.807) is 24.1 Å². The van der Waals surface area contributed by atoms with Crippen molar-refractivity contribution in [2.75, 3.05) is 59.7 Å². The lowest BCUT2D eigenvalue weighted by atomic mass is 9.92. The van der Waals surface area contributed by atoms with E-state index in [1.807, 2.05) is 44.2 Å². The Bertz CT molecular complexity index is 1220. The third kappa shape index (κ3) is 8.12. The van der Waals surface area contributed by atoms with Crippen molar-refractivity contribution in [2.24, 2.45) is 17.8 Å². The molecule has 5 rings (SSSR count). The molecule has 0 radical (unpaired) electrons. The van der Waals surface area contributed by atoms with Crippen molar-refractivity contribution in [3.63, 3.8) is 0 Å². The molecule has 1 aliphatic carbocycles. The molecule has 234 valence electrons. The van der Waals surface area contributed by atoms with Gasteiger partial charge in [0, 0.05) is 64.5 Å². The first kappa shape index (κ1) is 30.9. The smallest absolute Gasteiger partial charge is 0.415 e. The number of ether oxygens (including phenoxy) is 5. The number of hydrogen-bond acceptors (Lipinski definition) is 8. The van der Waals surface area contributed by atoms with E-state index in [-0.39, 0.29) is 29.7 Å². The zero-order valence-electron chi connectivity index (χ0n) is 25.5. The maximum absolute atomic E-state index is 13.5. The molecule has 2 aromatic carbocycles. The number of nitrogens with one attached hydrogen (secondary N) is 2. The Hall–Kier alpha value is -3.50. The fourth-order valence-electron chi connectivity index (χ4n) is 5.87. The van der Waals surface area contributed by atoms with Crippen LogP contribution in [0.5, 0.6) is 23.0 Å². The third-order valence-electron chi connectivity index (χ3n) is 8.38. The first-order valence-corrected chi connectivity index (χ1v) is 15.5. The van der Waals surface area contributed by atoms with Gasteiger partial charge in [-0.2, -0.15) is 0 Å². The van der Waals surface area contributed by atoms with Gasteiger partial charge in [0.25, 0.3) is 0 Å². The predicted molar refractivity (Wildman–Crippen MR) is 162 cm³/mol. The highest BCUT2D eigenvalue weighted by atomic mass is 16.6. The lowest BCUT2D eigenvalue weighted by Crippen LogP contribution is -2.45. The molecule has 2 amide bonds. The minimum atomic E-state index is -0.440.